The Morgan fingerprint density at radius 3 is 2.65 bits per heavy atom. The molecule has 1 N–H and O–H groups in total. The molecular formula is C14H21Cl2N3O. The van der Waals surface area contributed by atoms with Crippen LogP contribution in [0.3, 0.4) is 0 Å². The number of piperidine rings is 1. The average Bonchev–Trinajstić information content (AvgIpc) is 2.71. The lowest BCUT2D eigenvalue weighted by Gasteiger charge is -2.32. The summed E-state index contributed by atoms with van der Waals surface area (Å²) in [6.45, 7) is 3.53. The Kier molecular flexibility index (Phi) is 6.24. The molecule has 112 valence electrons. The van der Waals surface area contributed by atoms with Crippen LogP contribution >= 0.6 is 24.8 Å². The topological polar surface area (TPSA) is 45.2 Å². The van der Waals surface area contributed by atoms with Gasteiger partial charge in [0.25, 0.3) is 0 Å². The highest BCUT2D eigenvalue weighted by Crippen LogP contribution is 2.38. The molecule has 0 bridgehead atoms. The van der Waals surface area contributed by atoms with Gasteiger partial charge in [-0.15, -0.1) is 24.8 Å². The van der Waals surface area contributed by atoms with E-state index in [0.29, 0.717) is 5.91 Å². The molecule has 0 aromatic carbocycles. The number of halogens is 2. The van der Waals surface area contributed by atoms with E-state index in [-0.39, 0.29) is 30.2 Å². The molecule has 3 rings (SSSR count). The molecule has 0 radical (unpaired) electrons. The minimum absolute atomic E-state index is 0. The van der Waals surface area contributed by atoms with Crippen molar-refractivity contribution in [3.05, 3.63) is 30.1 Å². The van der Waals surface area contributed by atoms with Crippen LogP contribution in [0.15, 0.2) is 24.5 Å². The Morgan fingerprint density at radius 2 is 2.00 bits per heavy atom. The second-order valence-electron chi connectivity index (χ2n) is 5.39. The maximum absolute atomic E-state index is 12.6. The summed E-state index contributed by atoms with van der Waals surface area (Å²) in [7, 11) is 0. The van der Waals surface area contributed by atoms with Crippen LogP contribution in [0.1, 0.15) is 24.8 Å². The van der Waals surface area contributed by atoms with Crippen LogP contribution in [-0.2, 0) is 11.3 Å². The Hall–Kier alpha value is -0.840. The summed E-state index contributed by atoms with van der Waals surface area (Å²) in [5, 5.41) is 3.37. The summed E-state index contributed by atoms with van der Waals surface area (Å²) in [4.78, 5) is 18.6. The predicted molar refractivity (Wildman–Crippen MR) is 83.3 cm³/mol. The fourth-order valence-electron chi connectivity index (χ4n) is 3.12. The Labute approximate surface area is 132 Å². The molecule has 1 aromatic rings. The number of amides is 1. The van der Waals surface area contributed by atoms with Gasteiger partial charge in [-0.3, -0.25) is 9.78 Å². The highest BCUT2D eigenvalue weighted by atomic mass is 35.5. The molecule has 2 saturated heterocycles. The zero-order valence-corrected chi connectivity index (χ0v) is 13.0. The molecule has 0 aliphatic carbocycles. The van der Waals surface area contributed by atoms with Gasteiger partial charge in [0.05, 0.1) is 5.41 Å². The SMILES string of the molecule is Cl.Cl.O=C1N(Cc2ccncc2)CCC12CCCNC2. The van der Waals surface area contributed by atoms with Crippen molar-refractivity contribution in [2.45, 2.75) is 25.8 Å². The van der Waals surface area contributed by atoms with Gasteiger partial charge in [-0.05, 0) is 43.5 Å². The molecule has 20 heavy (non-hydrogen) atoms. The summed E-state index contributed by atoms with van der Waals surface area (Å²) < 4.78 is 0. The summed E-state index contributed by atoms with van der Waals surface area (Å²) in [5.41, 5.74) is 1.06. The third-order valence-corrected chi connectivity index (χ3v) is 4.20. The van der Waals surface area contributed by atoms with Gasteiger partial charge in [0, 0.05) is 32.0 Å². The Balaban J connectivity index is 0.000001000. The first-order valence-electron chi connectivity index (χ1n) is 6.69. The van der Waals surface area contributed by atoms with Crippen LogP contribution in [-0.4, -0.2) is 35.4 Å². The van der Waals surface area contributed by atoms with Gasteiger partial charge in [0.1, 0.15) is 0 Å². The van der Waals surface area contributed by atoms with Gasteiger partial charge in [-0.2, -0.15) is 0 Å². The number of hydrogen-bond donors (Lipinski definition) is 1. The largest absolute Gasteiger partial charge is 0.338 e. The number of nitrogens with zero attached hydrogens (tertiary/aromatic N) is 2. The monoisotopic (exact) mass is 317 g/mol. The number of nitrogens with one attached hydrogen (secondary N) is 1. The maximum atomic E-state index is 12.6. The average molecular weight is 318 g/mol. The highest BCUT2D eigenvalue weighted by Gasteiger charge is 2.46. The third-order valence-electron chi connectivity index (χ3n) is 4.20. The Morgan fingerprint density at radius 1 is 1.25 bits per heavy atom. The van der Waals surface area contributed by atoms with Gasteiger partial charge in [-0.25, -0.2) is 0 Å². The van der Waals surface area contributed by atoms with Gasteiger partial charge in [-0.1, -0.05) is 0 Å². The van der Waals surface area contributed by atoms with Crippen LogP contribution in [0.2, 0.25) is 0 Å². The standard InChI is InChI=1S/C14H19N3O.2ClH/c18-13-14(4-1-6-16-11-14)5-9-17(13)10-12-2-7-15-8-3-12;;/h2-3,7-8,16H,1,4-6,9-11H2;2*1H. The first-order chi connectivity index (χ1) is 8.80. The Bertz CT molecular complexity index is 435. The molecule has 1 spiro atoms. The third kappa shape index (κ3) is 3.25. The highest BCUT2D eigenvalue weighted by molar-refractivity contribution is 5.86. The molecule has 1 atom stereocenters. The molecule has 4 nitrogen and oxygen atoms in total. The zero-order valence-electron chi connectivity index (χ0n) is 11.4. The molecule has 2 fully saturated rings. The van der Waals surface area contributed by atoms with Crippen LogP contribution in [0.5, 0.6) is 0 Å². The smallest absolute Gasteiger partial charge is 0.230 e. The van der Waals surface area contributed by atoms with E-state index in [1.54, 1.807) is 12.4 Å². The summed E-state index contributed by atoms with van der Waals surface area (Å²) in [5.74, 6) is 0.339. The lowest BCUT2D eigenvalue weighted by molar-refractivity contribution is -0.137. The van der Waals surface area contributed by atoms with Gasteiger partial charge < -0.3 is 10.2 Å². The van der Waals surface area contributed by atoms with E-state index in [9.17, 15) is 4.79 Å². The second-order valence-corrected chi connectivity index (χ2v) is 5.39. The number of rotatable bonds is 2. The number of carbonyl (C=O) groups is 1. The van der Waals surface area contributed by atoms with Crippen LogP contribution in [0, 0.1) is 5.41 Å². The van der Waals surface area contributed by atoms with Crippen molar-refractivity contribution in [3.8, 4) is 0 Å². The van der Waals surface area contributed by atoms with Crippen molar-refractivity contribution in [3.63, 3.8) is 0 Å². The number of aromatic nitrogens is 1. The molecule has 1 aromatic heterocycles. The summed E-state index contributed by atoms with van der Waals surface area (Å²) in [6, 6.07) is 3.97. The maximum Gasteiger partial charge on any atom is 0.230 e. The van der Waals surface area contributed by atoms with Crippen molar-refractivity contribution < 1.29 is 4.79 Å². The van der Waals surface area contributed by atoms with Crippen molar-refractivity contribution in [2.75, 3.05) is 19.6 Å². The minimum Gasteiger partial charge on any atom is -0.338 e. The van der Waals surface area contributed by atoms with Crippen LogP contribution < -0.4 is 5.32 Å². The molecule has 0 saturated carbocycles. The predicted octanol–water partition coefficient (Wildman–Crippen LogP) is 2.03. The van der Waals surface area contributed by atoms with Crippen molar-refractivity contribution in [1.29, 1.82) is 0 Å². The number of pyridine rings is 1. The summed E-state index contributed by atoms with van der Waals surface area (Å²) >= 11 is 0. The molecular weight excluding hydrogens is 297 g/mol. The van der Waals surface area contributed by atoms with E-state index in [4.69, 9.17) is 0 Å². The van der Waals surface area contributed by atoms with E-state index in [2.05, 4.69) is 10.3 Å². The lowest BCUT2D eigenvalue weighted by Crippen LogP contribution is -2.45. The molecule has 3 heterocycles. The van der Waals surface area contributed by atoms with E-state index in [0.717, 1.165) is 45.4 Å². The second kappa shape index (κ2) is 7.25. The minimum atomic E-state index is -0.106. The quantitative estimate of drug-likeness (QED) is 0.907. The first kappa shape index (κ1) is 17.2. The van der Waals surface area contributed by atoms with E-state index in [1.807, 2.05) is 17.0 Å². The lowest BCUT2D eigenvalue weighted by atomic mass is 9.79. The fraction of sp³-hybridized carbons (Fsp3) is 0.571. The molecule has 2 aliphatic heterocycles. The van der Waals surface area contributed by atoms with E-state index >= 15 is 0 Å². The first-order valence-corrected chi connectivity index (χ1v) is 6.69. The van der Waals surface area contributed by atoms with Crippen molar-refractivity contribution >= 4 is 30.7 Å². The molecule has 2 aliphatic rings. The van der Waals surface area contributed by atoms with Gasteiger partial charge in [0.2, 0.25) is 5.91 Å². The number of carbonyl (C=O) groups excluding carboxylic acids is 1. The van der Waals surface area contributed by atoms with Crippen molar-refractivity contribution in [2.24, 2.45) is 5.41 Å². The fourth-order valence-corrected chi connectivity index (χ4v) is 3.12. The van der Waals surface area contributed by atoms with E-state index in [1.165, 1.54) is 5.56 Å². The van der Waals surface area contributed by atoms with Gasteiger partial charge >= 0.3 is 0 Å². The number of hydrogen-bond acceptors (Lipinski definition) is 3. The van der Waals surface area contributed by atoms with Crippen molar-refractivity contribution in [1.82, 2.24) is 15.2 Å². The van der Waals surface area contributed by atoms with E-state index < -0.39 is 0 Å². The number of likely N-dealkylation sites (tertiary alicyclic amines) is 1. The molecule has 1 amide bonds. The summed E-state index contributed by atoms with van der Waals surface area (Å²) in [6.07, 6.45) is 6.74. The van der Waals surface area contributed by atoms with Crippen LogP contribution in [0.25, 0.3) is 0 Å². The van der Waals surface area contributed by atoms with Crippen LogP contribution in [0.4, 0.5) is 0 Å². The van der Waals surface area contributed by atoms with Gasteiger partial charge in [0.15, 0.2) is 0 Å². The molecule has 6 heteroatoms. The molecule has 1 unspecified atom stereocenters. The normalized spacial score (nSPS) is 25.2. The zero-order chi connectivity index (χ0) is 12.4.